The van der Waals surface area contributed by atoms with Gasteiger partial charge in [-0.05, 0) is 19.1 Å². The topological polar surface area (TPSA) is 114 Å². The van der Waals surface area contributed by atoms with Gasteiger partial charge in [-0.2, -0.15) is 5.26 Å². The van der Waals surface area contributed by atoms with Crippen LogP contribution in [0.15, 0.2) is 18.2 Å². The first-order chi connectivity index (χ1) is 10.1. The van der Waals surface area contributed by atoms with Gasteiger partial charge in [0.25, 0.3) is 5.91 Å². The molecule has 0 saturated carbocycles. The SMILES string of the molecule is CCOc1cc(N)cc(C(=O)OCC(=O)NCCC#N)c1. The maximum absolute atomic E-state index is 11.8. The third-order valence-corrected chi connectivity index (χ3v) is 2.37. The number of rotatable bonds is 7. The van der Waals surface area contributed by atoms with Crippen molar-refractivity contribution < 1.29 is 19.1 Å². The number of nitriles is 1. The lowest BCUT2D eigenvalue weighted by molar-refractivity contribution is -0.124. The van der Waals surface area contributed by atoms with Gasteiger partial charge in [-0.1, -0.05) is 0 Å². The molecule has 3 N–H and O–H groups in total. The van der Waals surface area contributed by atoms with Crippen LogP contribution >= 0.6 is 0 Å². The van der Waals surface area contributed by atoms with Crippen LogP contribution in [0.25, 0.3) is 0 Å². The third-order valence-electron chi connectivity index (χ3n) is 2.37. The molecular weight excluding hydrogens is 274 g/mol. The minimum Gasteiger partial charge on any atom is -0.494 e. The predicted octanol–water partition coefficient (Wildman–Crippen LogP) is 0.854. The average molecular weight is 291 g/mol. The van der Waals surface area contributed by atoms with E-state index in [9.17, 15) is 9.59 Å². The van der Waals surface area contributed by atoms with Crippen LogP contribution in [0.3, 0.4) is 0 Å². The fourth-order valence-corrected chi connectivity index (χ4v) is 1.51. The highest BCUT2D eigenvalue weighted by atomic mass is 16.5. The molecule has 21 heavy (non-hydrogen) atoms. The summed E-state index contributed by atoms with van der Waals surface area (Å²) < 4.78 is 10.1. The van der Waals surface area contributed by atoms with Crippen molar-refractivity contribution in [2.24, 2.45) is 0 Å². The van der Waals surface area contributed by atoms with Crippen molar-refractivity contribution in [3.05, 3.63) is 23.8 Å². The van der Waals surface area contributed by atoms with Crippen molar-refractivity contribution in [3.8, 4) is 11.8 Å². The molecule has 0 aliphatic carbocycles. The zero-order valence-corrected chi connectivity index (χ0v) is 11.7. The third kappa shape index (κ3) is 5.82. The van der Waals surface area contributed by atoms with E-state index in [1.54, 1.807) is 6.07 Å². The molecule has 7 nitrogen and oxygen atoms in total. The Balaban J connectivity index is 2.55. The highest BCUT2D eigenvalue weighted by Gasteiger charge is 2.12. The second kappa shape index (κ2) is 8.43. The number of nitrogens with one attached hydrogen (secondary N) is 1. The van der Waals surface area contributed by atoms with Crippen molar-refractivity contribution in [1.29, 1.82) is 5.26 Å². The Hall–Kier alpha value is -2.75. The fraction of sp³-hybridized carbons (Fsp3) is 0.357. The zero-order chi connectivity index (χ0) is 15.7. The summed E-state index contributed by atoms with van der Waals surface area (Å²) in [6, 6.07) is 6.42. The summed E-state index contributed by atoms with van der Waals surface area (Å²) in [6.07, 6.45) is 0.201. The van der Waals surface area contributed by atoms with Crippen LogP contribution in [0.5, 0.6) is 5.75 Å². The lowest BCUT2D eigenvalue weighted by Gasteiger charge is -2.08. The highest BCUT2D eigenvalue weighted by Crippen LogP contribution is 2.19. The largest absolute Gasteiger partial charge is 0.494 e. The molecule has 0 aliphatic rings. The summed E-state index contributed by atoms with van der Waals surface area (Å²) >= 11 is 0. The summed E-state index contributed by atoms with van der Waals surface area (Å²) in [7, 11) is 0. The average Bonchev–Trinajstić information content (AvgIpc) is 2.44. The molecule has 0 aromatic heterocycles. The Morgan fingerprint density at radius 2 is 2.14 bits per heavy atom. The van der Waals surface area contributed by atoms with E-state index in [0.29, 0.717) is 18.0 Å². The van der Waals surface area contributed by atoms with Crippen LogP contribution in [-0.4, -0.2) is 31.6 Å². The van der Waals surface area contributed by atoms with E-state index < -0.39 is 18.5 Å². The van der Waals surface area contributed by atoms with Gasteiger partial charge in [-0.15, -0.1) is 0 Å². The van der Waals surface area contributed by atoms with E-state index in [2.05, 4.69) is 5.32 Å². The van der Waals surface area contributed by atoms with Crippen molar-refractivity contribution >= 4 is 17.6 Å². The number of ether oxygens (including phenoxy) is 2. The monoisotopic (exact) mass is 291 g/mol. The van der Waals surface area contributed by atoms with E-state index in [-0.39, 0.29) is 18.5 Å². The Labute approximate surface area is 122 Å². The Morgan fingerprint density at radius 3 is 2.81 bits per heavy atom. The molecule has 7 heteroatoms. The minimum atomic E-state index is -0.668. The van der Waals surface area contributed by atoms with Crippen LogP contribution < -0.4 is 15.8 Å². The van der Waals surface area contributed by atoms with Crippen molar-refractivity contribution in [1.82, 2.24) is 5.32 Å². The Morgan fingerprint density at radius 1 is 1.38 bits per heavy atom. The first-order valence-corrected chi connectivity index (χ1v) is 6.41. The summed E-state index contributed by atoms with van der Waals surface area (Å²) in [4.78, 5) is 23.2. The molecule has 0 unspecified atom stereocenters. The molecule has 112 valence electrons. The maximum Gasteiger partial charge on any atom is 0.338 e. The number of hydrogen-bond acceptors (Lipinski definition) is 6. The summed E-state index contributed by atoms with van der Waals surface area (Å²) in [5.41, 5.74) is 6.25. The molecule has 0 heterocycles. The van der Waals surface area contributed by atoms with Gasteiger partial charge < -0.3 is 20.5 Å². The molecule has 1 amide bonds. The van der Waals surface area contributed by atoms with Gasteiger partial charge in [0.15, 0.2) is 6.61 Å². The number of benzene rings is 1. The number of nitrogen functional groups attached to an aromatic ring is 1. The van der Waals surface area contributed by atoms with Crippen LogP contribution in [-0.2, 0) is 9.53 Å². The normalized spacial score (nSPS) is 9.52. The molecule has 1 rings (SSSR count). The van der Waals surface area contributed by atoms with Crippen LogP contribution in [0.4, 0.5) is 5.69 Å². The van der Waals surface area contributed by atoms with Crippen molar-refractivity contribution in [2.75, 3.05) is 25.5 Å². The fourth-order valence-electron chi connectivity index (χ4n) is 1.51. The van der Waals surface area contributed by atoms with Crippen LogP contribution in [0, 0.1) is 11.3 Å². The second-order valence-corrected chi connectivity index (χ2v) is 4.06. The molecule has 0 spiro atoms. The number of nitrogens with two attached hydrogens (primary N) is 1. The molecule has 0 saturated heterocycles. The molecule has 1 aromatic rings. The first kappa shape index (κ1) is 16.3. The molecule has 0 radical (unpaired) electrons. The van der Waals surface area contributed by atoms with Crippen molar-refractivity contribution in [3.63, 3.8) is 0 Å². The molecule has 0 atom stereocenters. The van der Waals surface area contributed by atoms with Gasteiger partial charge in [0, 0.05) is 18.3 Å². The van der Waals surface area contributed by atoms with Crippen LogP contribution in [0.1, 0.15) is 23.7 Å². The summed E-state index contributed by atoms with van der Waals surface area (Å²) in [5, 5.41) is 10.8. The Bertz CT molecular complexity index is 552. The van der Waals surface area contributed by atoms with Gasteiger partial charge in [-0.25, -0.2) is 4.79 Å². The number of amides is 1. The van der Waals surface area contributed by atoms with Gasteiger partial charge in [0.05, 0.1) is 24.7 Å². The predicted molar refractivity (Wildman–Crippen MR) is 75.5 cm³/mol. The van der Waals surface area contributed by atoms with Gasteiger partial charge in [-0.3, -0.25) is 4.79 Å². The number of carbonyl (C=O) groups is 2. The maximum atomic E-state index is 11.8. The Kier molecular flexibility index (Phi) is 6.54. The minimum absolute atomic E-state index is 0.201. The summed E-state index contributed by atoms with van der Waals surface area (Å²) in [6.45, 7) is 2.06. The number of carbonyl (C=O) groups excluding carboxylic acids is 2. The molecule has 0 aliphatic heterocycles. The smallest absolute Gasteiger partial charge is 0.338 e. The van der Waals surface area contributed by atoms with E-state index in [1.807, 2.05) is 13.0 Å². The van der Waals surface area contributed by atoms with Crippen molar-refractivity contribution in [2.45, 2.75) is 13.3 Å². The molecular formula is C14H17N3O4. The second-order valence-electron chi connectivity index (χ2n) is 4.06. The lowest BCUT2D eigenvalue weighted by Crippen LogP contribution is -2.29. The first-order valence-electron chi connectivity index (χ1n) is 6.41. The molecule has 1 aromatic carbocycles. The van der Waals surface area contributed by atoms with Gasteiger partial charge in [0.2, 0.25) is 0 Å². The zero-order valence-electron chi connectivity index (χ0n) is 11.7. The summed E-state index contributed by atoms with van der Waals surface area (Å²) in [5.74, 6) is -0.672. The quantitative estimate of drug-likeness (QED) is 0.437. The van der Waals surface area contributed by atoms with E-state index in [0.717, 1.165) is 0 Å². The number of anilines is 1. The number of nitrogens with zero attached hydrogens (tertiary/aromatic N) is 1. The number of esters is 1. The van der Waals surface area contributed by atoms with Gasteiger partial charge >= 0.3 is 5.97 Å². The molecule has 0 bridgehead atoms. The van der Waals surface area contributed by atoms with Crippen LogP contribution in [0.2, 0.25) is 0 Å². The highest BCUT2D eigenvalue weighted by molar-refractivity contribution is 5.92. The number of hydrogen-bond donors (Lipinski definition) is 2. The molecule has 0 fully saturated rings. The van der Waals surface area contributed by atoms with E-state index >= 15 is 0 Å². The van der Waals surface area contributed by atoms with E-state index in [1.165, 1.54) is 12.1 Å². The van der Waals surface area contributed by atoms with Gasteiger partial charge in [0.1, 0.15) is 5.75 Å². The standard InChI is InChI=1S/C14H17N3O4/c1-2-20-12-7-10(6-11(16)8-12)14(19)21-9-13(18)17-5-3-4-15/h6-8H,2-3,5,9,16H2,1H3,(H,17,18). The lowest BCUT2D eigenvalue weighted by atomic mass is 10.2. The van der Waals surface area contributed by atoms with E-state index in [4.69, 9.17) is 20.5 Å².